The highest BCUT2D eigenvalue weighted by Crippen LogP contribution is 2.35. The van der Waals surface area contributed by atoms with E-state index >= 15 is 0 Å². The molecule has 1 aliphatic rings. The lowest BCUT2D eigenvalue weighted by atomic mass is 9.92. The Morgan fingerprint density at radius 1 is 1.19 bits per heavy atom. The third kappa shape index (κ3) is 5.13. The number of carbonyl (C=O) groups is 2. The Kier molecular flexibility index (Phi) is 6.75. The third-order valence-corrected chi connectivity index (χ3v) is 6.38. The zero-order chi connectivity index (χ0) is 20.4. The van der Waals surface area contributed by atoms with E-state index in [0.29, 0.717) is 23.7 Å². The van der Waals surface area contributed by atoms with E-state index in [2.05, 4.69) is 10.6 Å². The van der Waals surface area contributed by atoms with Crippen LogP contribution in [0.2, 0.25) is 5.02 Å². The maximum absolute atomic E-state index is 12.4. The van der Waals surface area contributed by atoms with Gasteiger partial charge in [-0.3, -0.25) is 4.79 Å². The van der Waals surface area contributed by atoms with Crippen molar-refractivity contribution in [3.05, 3.63) is 28.3 Å². The Morgan fingerprint density at radius 3 is 2.22 bits per heavy atom. The second kappa shape index (κ2) is 8.48. The molecule has 150 valence electrons. The van der Waals surface area contributed by atoms with Crippen LogP contribution in [0.15, 0.2) is 12.1 Å². The van der Waals surface area contributed by atoms with Gasteiger partial charge in [0.1, 0.15) is 0 Å². The van der Waals surface area contributed by atoms with Gasteiger partial charge in [-0.05, 0) is 47.9 Å². The molecule has 0 saturated carbocycles. The first kappa shape index (κ1) is 21.5. The number of piperidine rings is 1. The molecule has 1 fully saturated rings. The normalized spacial score (nSPS) is 17.7. The number of halogens is 1. The van der Waals surface area contributed by atoms with E-state index in [4.69, 9.17) is 11.6 Å². The van der Waals surface area contributed by atoms with Crippen molar-refractivity contribution in [2.75, 3.05) is 11.9 Å². The smallest absolute Gasteiger partial charge is 0.332 e. The summed E-state index contributed by atoms with van der Waals surface area (Å²) in [6.07, 6.45) is 0.731. The molecule has 3 amide bonds. The van der Waals surface area contributed by atoms with Gasteiger partial charge in [-0.25, -0.2) is 17.9 Å². The van der Waals surface area contributed by atoms with Crippen LogP contribution in [-0.4, -0.2) is 32.2 Å². The van der Waals surface area contributed by atoms with Crippen molar-refractivity contribution < 1.29 is 18.0 Å². The maximum atomic E-state index is 12.4. The Hall–Kier alpha value is -1.80. The fourth-order valence-electron chi connectivity index (χ4n) is 3.08. The number of carbonyl (C=O) groups excluding carboxylic acids is 2. The highest BCUT2D eigenvalue weighted by Gasteiger charge is 2.35. The van der Waals surface area contributed by atoms with Gasteiger partial charge < -0.3 is 10.6 Å². The molecule has 0 aromatic heterocycles. The van der Waals surface area contributed by atoms with Crippen LogP contribution in [0.5, 0.6) is 0 Å². The highest BCUT2D eigenvalue weighted by atomic mass is 35.5. The minimum absolute atomic E-state index is 0.0669. The van der Waals surface area contributed by atoms with E-state index in [1.807, 2.05) is 32.4 Å². The van der Waals surface area contributed by atoms with Crippen molar-refractivity contribution in [1.29, 1.82) is 0 Å². The predicted molar refractivity (Wildman–Crippen MR) is 107 cm³/mol. The van der Waals surface area contributed by atoms with Crippen LogP contribution in [0.3, 0.4) is 0 Å². The minimum Gasteiger partial charge on any atom is -0.355 e. The molecule has 1 atom stereocenters. The molecular weight excluding hydrogens is 390 g/mol. The second-order valence-electron chi connectivity index (χ2n) is 7.29. The summed E-state index contributed by atoms with van der Waals surface area (Å²) in [5.74, 6) is -0.451. The van der Waals surface area contributed by atoms with E-state index in [1.54, 1.807) is 12.1 Å². The number of sulfonamides is 1. The molecule has 2 rings (SSSR count). The Bertz CT molecular complexity index is 808. The first-order chi connectivity index (χ1) is 12.5. The van der Waals surface area contributed by atoms with Gasteiger partial charge in [-0.15, -0.1) is 0 Å². The molecule has 7 nitrogen and oxygen atoms in total. The van der Waals surface area contributed by atoms with Crippen LogP contribution in [0.4, 0.5) is 10.5 Å². The van der Waals surface area contributed by atoms with E-state index in [1.165, 1.54) is 0 Å². The number of nitrogens with one attached hydrogen (secondary N) is 3. The van der Waals surface area contributed by atoms with Gasteiger partial charge >= 0.3 is 6.03 Å². The van der Waals surface area contributed by atoms with Crippen LogP contribution < -0.4 is 15.4 Å². The summed E-state index contributed by atoms with van der Waals surface area (Å²) in [5, 5.41) is 4.46. The Morgan fingerprint density at radius 2 is 1.74 bits per heavy atom. The van der Waals surface area contributed by atoms with Gasteiger partial charge in [0.15, 0.2) is 5.25 Å². The lowest BCUT2D eigenvalue weighted by Gasteiger charge is -2.23. The van der Waals surface area contributed by atoms with Crippen LogP contribution in [0, 0.1) is 0 Å². The third-order valence-electron chi connectivity index (χ3n) is 4.49. The molecule has 1 unspecified atom stereocenters. The van der Waals surface area contributed by atoms with Crippen molar-refractivity contribution in [3.63, 3.8) is 0 Å². The standard InChI is InChI=1S/C18H26ClN3O4S/c1-10(2)13-8-12(19)9-14(11(3)4)16(13)21-18(24)22-27(25,26)15-6-5-7-20-17(15)23/h8-11,15H,5-7H2,1-4H3,(H,20,23)(H2,21,22,24). The zero-order valence-corrected chi connectivity index (χ0v) is 17.5. The molecular formula is C18H26ClN3O4S. The summed E-state index contributed by atoms with van der Waals surface area (Å²) in [6.45, 7) is 8.28. The topological polar surface area (TPSA) is 104 Å². The number of amides is 3. The molecule has 1 aliphatic heterocycles. The lowest BCUT2D eigenvalue weighted by molar-refractivity contribution is -0.121. The van der Waals surface area contributed by atoms with E-state index in [9.17, 15) is 18.0 Å². The van der Waals surface area contributed by atoms with Gasteiger partial charge in [0.2, 0.25) is 15.9 Å². The molecule has 0 aliphatic carbocycles. The van der Waals surface area contributed by atoms with Gasteiger partial charge in [0.25, 0.3) is 0 Å². The number of benzene rings is 1. The second-order valence-corrected chi connectivity index (χ2v) is 9.59. The molecule has 1 saturated heterocycles. The maximum Gasteiger partial charge on any atom is 0.332 e. The van der Waals surface area contributed by atoms with Crippen LogP contribution in [0.1, 0.15) is 63.5 Å². The minimum atomic E-state index is -4.13. The first-order valence-corrected chi connectivity index (χ1v) is 10.9. The number of hydrogen-bond donors (Lipinski definition) is 3. The molecule has 0 radical (unpaired) electrons. The summed E-state index contributed by atoms with van der Waals surface area (Å²) in [6, 6.07) is 2.63. The van der Waals surface area contributed by atoms with Gasteiger partial charge in [0.05, 0.1) is 0 Å². The first-order valence-electron chi connectivity index (χ1n) is 8.96. The van der Waals surface area contributed by atoms with E-state index in [0.717, 1.165) is 11.1 Å². The van der Waals surface area contributed by atoms with Gasteiger partial charge in [0, 0.05) is 17.3 Å². The fraction of sp³-hybridized carbons (Fsp3) is 0.556. The molecule has 1 aromatic carbocycles. The molecule has 3 N–H and O–H groups in total. The SMILES string of the molecule is CC(C)c1cc(Cl)cc(C(C)C)c1NC(=O)NS(=O)(=O)C1CCCNC1=O. The van der Waals surface area contributed by atoms with E-state index < -0.39 is 27.2 Å². The Balaban J connectivity index is 2.28. The highest BCUT2D eigenvalue weighted by molar-refractivity contribution is 7.91. The van der Waals surface area contributed by atoms with Gasteiger partial charge in [-0.1, -0.05) is 39.3 Å². The summed E-state index contributed by atoms with van der Waals surface area (Å²) >= 11 is 6.20. The quantitative estimate of drug-likeness (QED) is 0.686. The summed E-state index contributed by atoms with van der Waals surface area (Å²) in [4.78, 5) is 24.3. The molecule has 27 heavy (non-hydrogen) atoms. The van der Waals surface area contributed by atoms with Crippen molar-refractivity contribution in [2.45, 2.75) is 57.6 Å². The van der Waals surface area contributed by atoms with Crippen molar-refractivity contribution in [2.24, 2.45) is 0 Å². The summed E-state index contributed by atoms with van der Waals surface area (Å²) in [7, 11) is -4.13. The number of rotatable bonds is 5. The average molecular weight is 416 g/mol. The number of hydrogen-bond acceptors (Lipinski definition) is 4. The molecule has 0 bridgehead atoms. The average Bonchev–Trinajstić information content (AvgIpc) is 2.55. The molecule has 1 aromatic rings. The lowest BCUT2D eigenvalue weighted by Crippen LogP contribution is -2.50. The summed E-state index contributed by atoms with van der Waals surface area (Å²) in [5.41, 5.74) is 2.17. The number of anilines is 1. The predicted octanol–water partition coefficient (Wildman–Crippen LogP) is 3.32. The van der Waals surface area contributed by atoms with E-state index in [-0.39, 0.29) is 18.3 Å². The van der Waals surface area contributed by atoms with Crippen molar-refractivity contribution in [1.82, 2.24) is 10.0 Å². The molecule has 0 spiro atoms. The molecule has 9 heteroatoms. The number of urea groups is 1. The van der Waals surface area contributed by atoms with Crippen molar-refractivity contribution >= 4 is 39.2 Å². The fourth-order valence-corrected chi connectivity index (χ4v) is 4.61. The van der Waals surface area contributed by atoms with Crippen LogP contribution in [-0.2, 0) is 14.8 Å². The Labute approximate surface area is 165 Å². The monoisotopic (exact) mass is 415 g/mol. The van der Waals surface area contributed by atoms with Crippen LogP contribution in [0.25, 0.3) is 0 Å². The van der Waals surface area contributed by atoms with Crippen LogP contribution >= 0.6 is 11.6 Å². The zero-order valence-electron chi connectivity index (χ0n) is 15.9. The van der Waals surface area contributed by atoms with Gasteiger partial charge in [-0.2, -0.15) is 0 Å². The largest absolute Gasteiger partial charge is 0.355 e. The summed E-state index contributed by atoms with van der Waals surface area (Å²) < 4.78 is 26.8. The van der Waals surface area contributed by atoms with Crippen molar-refractivity contribution in [3.8, 4) is 0 Å². The molecule has 1 heterocycles.